The van der Waals surface area contributed by atoms with E-state index < -0.39 is 5.97 Å². The molecule has 1 aliphatic rings. The number of ether oxygens (including phenoxy) is 1. The second-order valence-electron chi connectivity index (χ2n) is 7.13. The molecule has 1 atom stereocenters. The third kappa shape index (κ3) is 3.60. The number of hydrogen-bond acceptors (Lipinski definition) is 5. The molecule has 0 bridgehead atoms. The first-order chi connectivity index (χ1) is 13.3. The molecule has 1 aliphatic heterocycles. The highest BCUT2D eigenvalue weighted by molar-refractivity contribution is 6.03. The molecule has 8 heteroatoms. The lowest BCUT2D eigenvalue weighted by atomic mass is 10.0. The van der Waals surface area contributed by atoms with Crippen molar-refractivity contribution in [3.05, 3.63) is 46.7 Å². The number of amides is 1. The Kier molecular flexibility index (Phi) is 5.69. The summed E-state index contributed by atoms with van der Waals surface area (Å²) in [6.07, 6.45) is 1.48. The Balaban J connectivity index is 1.67. The van der Waals surface area contributed by atoms with Gasteiger partial charge in [-0.3, -0.25) is 9.59 Å². The normalized spacial score (nSPS) is 16.1. The van der Waals surface area contributed by atoms with E-state index in [1.807, 2.05) is 6.92 Å². The summed E-state index contributed by atoms with van der Waals surface area (Å²) in [5.74, 6) is -0.283. The molecular weight excluding hydrogens is 362 g/mol. The Morgan fingerprint density at radius 2 is 1.93 bits per heavy atom. The topological polar surface area (TPSA) is 97.0 Å². The fourth-order valence-corrected chi connectivity index (χ4v) is 3.79. The van der Waals surface area contributed by atoms with E-state index >= 15 is 0 Å². The minimum absolute atomic E-state index is 0.0448. The number of quaternary nitrogens is 1. The van der Waals surface area contributed by atoms with Crippen LogP contribution in [-0.4, -0.2) is 66.9 Å². The molecule has 1 saturated heterocycles. The average Bonchev–Trinajstić information content (AvgIpc) is 3.34. The lowest BCUT2D eigenvalue weighted by Gasteiger charge is -2.34. The van der Waals surface area contributed by atoms with Crippen LogP contribution < -0.4 is 4.90 Å². The Morgan fingerprint density at radius 1 is 1.25 bits per heavy atom. The maximum absolute atomic E-state index is 13.0. The number of nitrogens with zero attached hydrogens (tertiary/aromatic N) is 1. The number of H-pyrrole nitrogens is 1. The summed E-state index contributed by atoms with van der Waals surface area (Å²) in [4.78, 5) is 43.3. The van der Waals surface area contributed by atoms with Crippen LogP contribution in [0.1, 0.15) is 49.6 Å². The zero-order chi connectivity index (χ0) is 20.4. The van der Waals surface area contributed by atoms with Crippen molar-refractivity contribution in [1.29, 1.82) is 0 Å². The number of piperazine rings is 1. The minimum atomic E-state index is -0.449. The van der Waals surface area contributed by atoms with Crippen molar-refractivity contribution in [2.45, 2.75) is 26.8 Å². The van der Waals surface area contributed by atoms with E-state index in [-0.39, 0.29) is 17.7 Å². The fraction of sp³-hybridized carbons (Fsp3) is 0.450. The number of methoxy groups -OCH3 is 1. The monoisotopic (exact) mass is 388 g/mol. The van der Waals surface area contributed by atoms with E-state index in [2.05, 4.69) is 4.98 Å². The van der Waals surface area contributed by atoms with E-state index in [4.69, 9.17) is 9.15 Å². The van der Waals surface area contributed by atoms with Gasteiger partial charge in [-0.25, -0.2) is 4.79 Å². The predicted octanol–water partition coefficient (Wildman–Crippen LogP) is 0.623. The third-order valence-electron chi connectivity index (χ3n) is 5.50. The van der Waals surface area contributed by atoms with E-state index in [0.717, 1.165) is 4.90 Å². The number of esters is 1. The number of furan rings is 1. The van der Waals surface area contributed by atoms with Gasteiger partial charge in [0.15, 0.2) is 11.8 Å². The minimum Gasteiger partial charge on any atom is -0.465 e. The summed E-state index contributed by atoms with van der Waals surface area (Å²) >= 11 is 0. The maximum atomic E-state index is 13.0. The number of nitrogens with one attached hydrogen (secondary N) is 2. The van der Waals surface area contributed by atoms with Crippen LogP contribution in [0.3, 0.4) is 0 Å². The Bertz CT molecular complexity index is 876. The van der Waals surface area contributed by atoms with Gasteiger partial charge in [-0.2, -0.15) is 0 Å². The first-order valence-electron chi connectivity index (χ1n) is 9.34. The highest BCUT2D eigenvalue weighted by Gasteiger charge is 2.34. The maximum Gasteiger partial charge on any atom is 0.339 e. The van der Waals surface area contributed by atoms with Gasteiger partial charge >= 0.3 is 5.97 Å². The molecule has 3 rings (SSSR count). The van der Waals surface area contributed by atoms with Crippen LogP contribution in [-0.2, 0) is 4.74 Å². The van der Waals surface area contributed by atoms with Crippen LogP contribution in [0.5, 0.6) is 0 Å². The van der Waals surface area contributed by atoms with Gasteiger partial charge in [-0.15, -0.1) is 0 Å². The Labute approximate surface area is 163 Å². The smallest absolute Gasteiger partial charge is 0.339 e. The van der Waals surface area contributed by atoms with Gasteiger partial charge < -0.3 is 23.9 Å². The number of hydrogen-bond donors (Lipinski definition) is 2. The van der Waals surface area contributed by atoms with Gasteiger partial charge in [0.2, 0.25) is 5.78 Å². The van der Waals surface area contributed by atoms with Crippen molar-refractivity contribution < 1.29 is 28.4 Å². The lowest BCUT2D eigenvalue weighted by molar-refractivity contribution is -0.917. The highest BCUT2D eigenvalue weighted by Crippen LogP contribution is 2.20. The fourth-order valence-electron chi connectivity index (χ4n) is 3.79. The van der Waals surface area contributed by atoms with Gasteiger partial charge in [0.05, 0.1) is 50.8 Å². The Morgan fingerprint density at radius 3 is 2.50 bits per heavy atom. The van der Waals surface area contributed by atoms with Crippen LogP contribution in [0.2, 0.25) is 0 Å². The molecule has 2 N–H and O–H groups in total. The van der Waals surface area contributed by atoms with E-state index in [1.54, 1.807) is 30.9 Å². The molecule has 0 radical (unpaired) electrons. The molecule has 0 saturated carbocycles. The van der Waals surface area contributed by atoms with Crippen molar-refractivity contribution in [3.8, 4) is 0 Å². The standard InChI is InChI=1S/C20H25N3O5/c1-12-16(20(26)27-4)13(2)21-17(12)18(24)14(3)22-7-9-23(10-8-22)19(25)15-6-5-11-28-15/h5-6,11,14,21H,7-10H2,1-4H3/p+1/t14-/m1/s1. The number of ketones is 1. The molecule has 2 aromatic heterocycles. The van der Waals surface area contributed by atoms with Crippen LogP contribution in [0, 0.1) is 13.8 Å². The summed E-state index contributed by atoms with van der Waals surface area (Å²) in [5.41, 5.74) is 2.12. The molecule has 1 fully saturated rings. The molecule has 28 heavy (non-hydrogen) atoms. The Hall–Kier alpha value is -2.87. The van der Waals surface area contributed by atoms with Crippen molar-refractivity contribution in [1.82, 2.24) is 9.88 Å². The number of carbonyl (C=O) groups excluding carboxylic acids is 3. The summed E-state index contributed by atoms with van der Waals surface area (Å²) in [7, 11) is 1.33. The molecule has 3 heterocycles. The zero-order valence-electron chi connectivity index (χ0n) is 16.6. The SMILES string of the molecule is COC(=O)c1c(C)[nH]c(C(=O)[C@@H](C)[NH+]2CCN(C(=O)c3ccco3)CC2)c1C. The van der Waals surface area contributed by atoms with Gasteiger partial charge in [0, 0.05) is 5.69 Å². The number of Topliss-reactive ketones (excluding diaryl/α,β-unsaturated/α-hetero) is 1. The molecule has 1 amide bonds. The molecule has 150 valence electrons. The number of aryl methyl sites for hydroxylation is 1. The first kappa shape index (κ1) is 19.9. The number of rotatable bonds is 5. The van der Waals surface area contributed by atoms with Crippen molar-refractivity contribution >= 4 is 17.7 Å². The van der Waals surface area contributed by atoms with Crippen molar-refractivity contribution in [2.75, 3.05) is 33.3 Å². The van der Waals surface area contributed by atoms with Gasteiger partial charge in [-0.05, 0) is 38.5 Å². The molecule has 2 aromatic rings. The van der Waals surface area contributed by atoms with Crippen molar-refractivity contribution in [2.24, 2.45) is 0 Å². The molecule has 0 aliphatic carbocycles. The summed E-state index contributed by atoms with van der Waals surface area (Å²) in [5, 5.41) is 0. The summed E-state index contributed by atoms with van der Waals surface area (Å²) in [6, 6.07) is 3.06. The number of aromatic amines is 1. The first-order valence-corrected chi connectivity index (χ1v) is 9.34. The quantitative estimate of drug-likeness (QED) is 0.578. The van der Waals surface area contributed by atoms with E-state index in [9.17, 15) is 14.4 Å². The molecule has 0 aromatic carbocycles. The number of carbonyl (C=O) groups is 3. The summed E-state index contributed by atoms with van der Waals surface area (Å²) < 4.78 is 9.99. The molecule has 0 spiro atoms. The third-order valence-corrected chi connectivity index (χ3v) is 5.50. The van der Waals surface area contributed by atoms with Gasteiger partial charge in [0.25, 0.3) is 5.91 Å². The van der Waals surface area contributed by atoms with Crippen LogP contribution in [0.15, 0.2) is 22.8 Å². The number of aromatic nitrogens is 1. The van der Waals surface area contributed by atoms with Crippen LogP contribution >= 0.6 is 0 Å². The average molecular weight is 388 g/mol. The molecule has 8 nitrogen and oxygen atoms in total. The van der Waals surface area contributed by atoms with Crippen LogP contribution in [0.25, 0.3) is 0 Å². The lowest BCUT2D eigenvalue weighted by Crippen LogP contribution is -3.18. The second-order valence-corrected chi connectivity index (χ2v) is 7.13. The van der Waals surface area contributed by atoms with Gasteiger partial charge in [-0.1, -0.05) is 0 Å². The summed E-state index contributed by atoms with van der Waals surface area (Å²) in [6.45, 7) is 7.85. The zero-order valence-corrected chi connectivity index (χ0v) is 16.6. The van der Waals surface area contributed by atoms with E-state index in [1.165, 1.54) is 13.4 Å². The molecular formula is C20H26N3O5+. The van der Waals surface area contributed by atoms with Crippen LogP contribution in [0.4, 0.5) is 0 Å². The predicted molar refractivity (Wildman–Crippen MR) is 101 cm³/mol. The second kappa shape index (κ2) is 8.02. The highest BCUT2D eigenvalue weighted by atomic mass is 16.5. The van der Waals surface area contributed by atoms with Crippen molar-refractivity contribution in [3.63, 3.8) is 0 Å². The van der Waals surface area contributed by atoms with E-state index in [0.29, 0.717) is 54.5 Å². The largest absolute Gasteiger partial charge is 0.465 e. The van der Waals surface area contributed by atoms with Gasteiger partial charge in [0.1, 0.15) is 0 Å². The molecule has 0 unspecified atom stereocenters.